The van der Waals surface area contributed by atoms with Crippen LogP contribution in [0.4, 0.5) is 4.39 Å². The van der Waals surface area contributed by atoms with Crippen LogP contribution in [0.2, 0.25) is 0 Å². The van der Waals surface area contributed by atoms with E-state index in [0.29, 0.717) is 18.4 Å². The third-order valence-electron chi connectivity index (χ3n) is 4.40. The zero-order chi connectivity index (χ0) is 18.7. The summed E-state index contributed by atoms with van der Waals surface area (Å²) in [4.78, 5) is 12.6. The van der Waals surface area contributed by atoms with Crippen LogP contribution in [0.3, 0.4) is 0 Å². The lowest BCUT2D eigenvalue weighted by Crippen LogP contribution is -2.41. The fraction of sp³-hybridized carbons (Fsp3) is 0.316. The second-order valence-corrected chi connectivity index (χ2v) is 8.21. The van der Waals surface area contributed by atoms with Crippen LogP contribution in [-0.2, 0) is 26.2 Å². The van der Waals surface area contributed by atoms with Gasteiger partial charge in [-0.25, -0.2) is 12.8 Å². The minimum absolute atomic E-state index is 0.0198. The van der Waals surface area contributed by atoms with Gasteiger partial charge in [-0.1, -0.05) is 29.8 Å². The SMILES string of the molecule is Cc1ccc(S(=O)(=O)N2CCC[C@H]2C(=O)OCc2ccc(F)cc2)cc1. The smallest absolute Gasteiger partial charge is 0.324 e. The van der Waals surface area contributed by atoms with Crippen molar-refractivity contribution in [1.29, 1.82) is 0 Å². The van der Waals surface area contributed by atoms with Gasteiger partial charge in [0.15, 0.2) is 0 Å². The summed E-state index contributed by atoms with van der Waals surface area (Å²) >= 11 is 0. The second-order valence-electron chi connectivity index (χ2n) is 6.32. The molecular formula is C19H20FNO4S. The Morgan fingerprint density at radius 3 is 2.46 bits per heavy atom. The van der Waals surface area contributed by atoms with Gasteiger partial charge in [-0.15, -0.1) is 0 Å². The molecular weight excluding hydrogens is 357 g/mol. The maximum atomic E-state index is 12.9. The summed E-state index contributed by atoms with van der Waals surface area (Å²) in [5, 5.41) is 0. The molecule has 0 saturated carbocycles. The molecule has 1 aliphatic rings. The zero-order valence-electron chi connectivity index (χ0n) is 14.4. The number of carbonyl (C=O) groups is 1. The Labute approximate surface area is 152 Å². The monoisotopic (exact) mass is 377 g/mol. The first-order chi connectivity index (χ1) is 12.4. The number of ether oxygens (including phenoxy) is 1. The van der Waals surface area contributed by atoms with Gasteiger partial charge in [-0.3, -0.25) is 4.79 Å². The van der Waals surface area contributed by atoms with Crippen LogP contribution < -0.4 is 0 Å². The molecule has 0 aromatic heterocycles. The van der Waals surface area contributed by atoms with Crippen LogP contribution in [0.15, 0.2) is 53.4 Å². The molecule has 1 aliphatic heterocycles. The van der Waals surface area contributed by atoms with E-state index in [1.54, 1.807) is 24.3 Å². The molecule has 0 radical (unpaired) electrons. The molecule has 0 unspecified atom stereocenters. The number of nitrogens with zero attached hydrogens (tertiary/aromatic N) is 1. The largest absolute Gasteiger partial charge is 0.460 e. The van der Waals surface area contributed by atoms with Crippen molar-refractivity contribution in [2.75, 3.05) is 6.54 Å². The summed E-state index contributed by atoms with van der Waals surface area (Å²) in [5.41, 5.74) is 1.60. The highest BCUT2D eigenvalue weighted by Crippen LogP contribution is 2.27. The Kier molecular flexibility index (Phi) is 5.38. The molecule has 0 aliphatic carbocycles. The van der Waals surface area contributed by atoms with E-state index in [9.17, 15) is 17.6 Å². The van der Waals surface area contributed by atoms with E-state index in [1.165, 1.54) is 28.6 Å². The van der Waals surface area contributed by atoms with Crippen LogP contribution in [0.5, 0.6) is 0 Å². The zero-order valence-corrected chi connectivity index (χ0v) is 15.2. The highest BCUT2D eigenvalue weighted by molar-refractivity contribution is 7.89. The van der Waals surface area contributed by atoms with Crippen molar-refractivity contribution in [1.82, 2.24) is 4.31 Å². The molecule has 138 valence electrons. The van der Waals surface area contributed by atoms with E-state index in [0.717, 1.165) is 5.56 Å². The lowest BCUT2D eigenvalue weighted by Gasteiger charge is -2.22. The Bertz CT molecular complexity index is 879. The van der Waals surface area contributed by atoms with E-state index < -0.39 is 22.0 Å². The predicted molar refractivity (Wildman–Crippen MR) is 94.3 cm³/mol. The number of carbonyl (C=O) groups excluding carboxylic acids is 1. The summed E-state index contributed by atoms with van der Waals surface area (Å²) in [7, 11) is -3.76. The average Bonchev–Trinajstić information content (AvgIpc) is 3.12. The van der Waals surface area contributed by atoms with Crippen LogP contribution in [-0.4, -0.2) is 31.3 Å². The van der Waals surface area contributed by atoms with Crippen molar-refractivity contribution in [2.45, 2.75) is 37.3 Å². The molecule has 2 aromatic carbocycles. The van der Waals surface area contributed by atoms with Gasteiger partial charge in [0.05, 0.1) is 4.90 Å². The minimum Gasteiger partial charge on any atom is -0.460 e. The number of aryl methyl sites for hydroxylation is 1. The molecule has 1 saturated heterocycles. The number of esters is 1. The lowest BCUT2D eigenvalue weighted by molar-refractivity contribution is -0.148. The minimum atomic E-state index is -3.76. The molecule has 0 N–H and O–H groups in total. The van der Waals surface area contributed by atoms with Gasteiger partial charge >= 0.3 is 5.97 Å². The first-order valence-electron chi connectivity index (χ1n) is 8.37. The number of halogens is 1. The molecule has 0 amide bonds. The molecule has 0 bridgehead atoms. The van der Waals surface area contributed by atoms with Gasteiger partial charge in [-0.05, 0) is 49.6 Å². The average molecular weight is 377 g/mol. The first kappa shape index (κ1) is 18.5. The van der Waals surface area contributed by atoms with Gasteiger partial charge in [0.1, 0.15) is 18.5 Å². The molecule has 3 rings (SSSR count). The number of hydrogen-bond donors (Lipinski definition) is 0. The van der Waals surface area contributed by atoms with Crippen molar-refractivity contribution < 1.29 is 22.3 Å². The Hall–Kier alpha value is -2.25. The maximum Gasteiger partial charge on any atom is 0.324 e. The van der Waals surface area contributed by atoms with Crippen molar-refractivity contribution in [3.05, 3.63) is 65.5 Å². The van der Waals surface area contributed by atoms with E-state index in [4.69, 9.17) is 4.74 Å². The molecule has 2 aromatic rings. The standard InChI is InChI=1S/C19H20FNO4S/c1-14-4-10-17(11-5-14)26(23,24)21-12-2-3-18(21)19(22)25-13-15-6-8-16(20)9-7-15/h4-11,18H,2-3,12-13H2,1H3/t18-/m0/s1. The summed E-state index contributed by atoms with van der Waals surface area (Å²) in [6.07, 6.45) is 1.02. The van der Waals surface area contributed by atoms with Crippen molar-refractivity contribution in [3.8, 4) is 0 Å². The summed E-state index contributed by atoms with van der Waals surface area (Å²) in [6.45, 7) is 2.14. The molecule has 5 nitrogen and oxygen atoms in total. The Morgan fingerprint density at radius 2 is 1.81 bits per heavy atom. The summed E-state index contributed by atoms with van der Waals surface area (Å²) in [5.74, 6) is -0.950. The summed E-state index contributed by atoms with van der Waals surface area (Å²) in [6, 6.07) is 11.3. The molecule has 1 heterocycles. The van der Waals surface area contributed by atoms with Crippen LogP contribution in [0.1, 0.15) is 24.0 Å². The summed E-state index contributed by atoms with van der Waals surface area (Å²) < 4.78 is 45.1. The van der Waals surface area contributed by atoms with Crippen molar-refractivity contribution >= 4 is 16.0 Å². The highest BCUT2D eigenvalue weighted by atomic mass is 32.2. The lowest BCUT2D eigenvalue weighted by atomic mass is 10.2. The van der Waals surface area contributed by atoms with Crippen molar-refractivity contribution in [2.24, 2.45) is 0 Å². The van der Waals surface area contributed by atoms with Gasteiger partial charge < -0.3 is 4.74 Å². The van der Waals surface area contributed by atoms with Gasteiger partial charge in [0.2, 0.25) is 10.0 Å². The highest BCUT2D eigenvalue weighted by Gasteiger charge is 2.40. The van der Waals surface area contributed by atoms with Gasteiger partial charge in [-0.2, -0.15) is 4.31 Å². The third-order valence-corrected chi connectivity index (χ3v) is 6.32. The number of rotatable bonds is 5. The molecule has 1 fully saturated rings. The molecule has 0 spiro atoms. The Morgan fingerprint density at radius 1 is 1.15 bits per heavy atom. The third kappa shape index (κ3) is 3.94. The van der Waals surface area contributed by atoms with E-state index in [2.05, 4.69) is 0 Å². The topological polar surface area (TPSA) is 63.7 Å². The van der Waals surface area contributed by atoms with Gasteiger partial charge in [0.25, 0.3) is 0 Å². The molecule has 7 heteroatoms. The predicted octanol–water partition coefficient (Wildman–Crippen LogP) is 3.03. The van der Waals surface area contributed by atoms with E-state index >= 15 is 0 Å². The normalized spacial score (nSPS) is 18.0. The fourth-order valence-electron chi connectivity index (χ4n) is 2.94. The van der Waals surface area contributed by atoms with Crippen LogP contribution in [0, 0.1) is 12.7 Å². The van der Waals surface area contributed by atoms with E-state index in [-0.39, 0.29) is 23.9 Å². The van der Waals surface area contributed by atoms with Crippen LogP contribution >= 0.6 is 0 Å². The molecule has 26 heavy (non-hydrogen) atoms. The Balaban J connectivity index is 1.71. The van der Waals surface area contributed by atoms with Crippen molar-refractivity contribution in [3.63, 3.8) is 0 Å². The number of benzene rings is 2. The number of sulfonamides is 1. The quantitative estimate of drug-likeness (QED) is 0.752. The fourth-order valence-corrected chi connectivity index (χ4v) is 4.59. The molecule has 1 atom stereocenters. The first-order valence-corrected chi connectivity index (χ1v) is 9.81. The van der Waals surface area contributed by atoms with Gasteiger partial charge in [0, 0.05) is 6.54 Å². The van der Waals surface area contributed by atoms with E-state index in [1.807, 2.05) is 6.92 Å². The second kappa shape index (κ2) is 7.55. The van der Waals surface area contributed by atoms with Crippen LogP contribution in [0.25, 0.3) is 0 Å². The number of hydrogen-bond acceptors (Lipinski definition) is 4. The maximum absolute atomic E-state index is 12.9.